The minimum atomic E-state index is -0.224. The van der Waals surface area contributed by atoms with Crippen LogP contribution < -0.4 is 5.56 Å². The van der Waals surface area contributed by atoms with E-state index in [4.69, 9.17) is 0 Å². The molecule has 7 nitrogen and oxygen atoms in total. The van der Waals surface area contributed by atoms with Gasteiger partial charge in [-0.15, -0.1) is 5.10 Å². The number of hydrogen-bond donors (Lipinski definition) is 1. The van der Waals surface area contributed by atoms with Crippen LogP contribution in [0.5, 0.6) is 0 Å². The van der Waals surface area contributed by atoms with Gasteiger partial charge in [-0.25, -0.2) is 4.68 Å². The van der Waals surface area contributed by atoms with Crippen LogP contribution in [0.2, 0.25) is 0 Å². The summed E-state index contributed by atoms with van der Waals surface area (Å²) < 4.78 is 2.01. The number of benzene rings is 1. The fourth-order valence-electron chi connectivity index (χ4n) is 5.32. The van der Waals surface area contributed by atoms with E-state index in [1.54, 1.807) is 0 Å². The molecule has 0 bridgehead atoms. The lowest BCUT2D eigenvalue weighted by Gasteiger charge is -2.36. The van der Waals surface area contributed by atoms with Crippen LogP contribution >= 0.6 is 0 Å². The number of piperidine rings is 1. The maximum atomic E-state index is 13.4. The number of hydrogen-bond acceptors (Lipinski definition) is 5. The summed E-state index contributed by atoms with van der Waals surface area (Å²) >= 11 is 0. The van der Waals surface area contributed by atoms with Gasteiger partial charge in [-0.1, -0.05) is 31.9 Å². The second-order valence-electron chi connectivity index (χ2n) is 9.57. The van der Waals surface area contributed by atoms with Crippen molar-refractivity contribution in [3.63, 3.8) is 0 Å². The SMILES string of the molecule is Cc1ccc2cc([C@H](c3nnnn3C3CCCC3)N3CCC(C)CC3)c(=O)[nH]c2c1C. The van der Waals surface area contributed by atoms with Crippen molar-refractivity contribution in [2.24, 2.45) is 5.92 Å². The molecule has 2 aromatic heterocycles. The predicted molar refractivity (Wildman–Crippen MR) is 121 cm³/mol. The molecule has 3 aromatic rings. The van der Waals surface area contributed by atoms with Gasteiger partial charge in [-0.05, 0) is 91.5 Å². The average molecular weight is 421 g/mol. The molecule has 3 heterocycles. The van der Waals surface area contributed by atoms with E-state index < -0.39 is 0 Å². The number of aryl methyl sites for hydroxylation is 2. The highest BCUT2D eigenvalue weighted by molar-refractivity contribution is 5.83. The number of likely N-dealkylation sites (tertiary alicyclic amines) is 1. The van der Waals surface area contributed by atoms with Gasteiger partial charge in [-0.2, -0.15) is 0 Å². The van der Waals surface area contributed by atoms with E-state index in [0.29, 0.717) is 12.0 Å². The number of rotatable bonds is 4. The molecule has 0 unspecified atom stereocenters. The number of fused-ring (bicyclic) bond motifs is 1. The lowest BCUT2D eigenvalue weighted by atomic mass is 9.94. The molecule has 1 aliphatic heterocycles. The molecule has 0 radical (unpaired) electrons. The van der Waals surface area contributed by atoms with E-state index >= 15 is 0 Å². The highest BCUT2D eigenvalue weighted by Gasteiger charge is 2.34. The normalized spacial score (nSPS) is 20.0. The Balaban J connectivity index is 1.65. The molecule has 5 rings (SSSR count). The molecule has 1 N–H and O–H groups in total. The topological polar surface area (TPSA) is 79.7 Å². The zero-order chi connectivity index (χ0) is 21.5. The van der Waals surface area contributed by atoms with Crippen molar-refractivity contribution < 1.29 is 0 Å². The molecule has 1 saturated carbocycles. The first-order chi connectivity index (χ1) is 15.0. The molecule has 1 atom stereocenters. The summed E-state index contributed by atoms with van der Waals surface area (Å²) in [5.74, 6) is 1.53. The van der Waals surface area contributed by atoms with E-state index in [1.165, 1.54) is 18.4 Å². The Morgan fingerprint density at radius 1 is 1.10 bits per heavy atom. The Labute approximate surface area is 182 Å². The third-order valence-corrected chi connectivity index (χ3v) is 7.49. The number of nitrogens with one attached hydrogen (secondary N) is 1. The lowest BCUT2D eigenvalue weighted by Crippen LogP contribution is -2.40. The second kappa shape index (κ2) is 8.19. The fraction of sp³-hybridized carbons (Fsp3) is 0.583. The van der Waals surface area contributed by atoms with Gasteiger partial charge in [-0.3, -0.25) is 9.69 Å². The molecule has 164 valence electrons. The average Bonchev–Trinajstić information content (AvgIpc) is 3.45. The summed E-state index contributed by atoms with van der Waals surface area (Å²) in [7, 11) is 0. The van der Waals surface area contributed by atoms with E-state index in [2.05, 4.69) is 64.4 Å². The highest BCUT2D eigenvalue weighted by Crippen LogP contribution is 2.35. The number of aromatic nitrogens is 5. The standard InChI is InChI=1S/C24H32N6O/c1-15-10-12-29(13-11-15)22(23-26-27-28-30(23)19-6-4-5-7-19)20-14-18-9-8-16(2)17(3)21(18)25-24(20)31/h8-9,14-15,19,22H,4-7,10-13H2,1-3H3,(H,25,31)/t22-/m1/s1. The van der Waals surface area contributed by atoms with Crippen molar-refractivity contribution in [1.82, 2.24) is 30.1 Å². The molecule has 2 fully saturated rings. The van der Waals surface area contributed by atoms with Crippen LogP contribution in [0.1, 0.15) is 80.0 Å². The van der Waals surface area contributed by atoms with Crippen LogP contribution in [0.3, 0.4) is 0 Å². The molecule has 0 spiro atoms. The number of aromatic amines is 1. The smallest absolute Gasteiger partial charge is 0.253 e. The Morgan fingerprint density at radius 2 is 1.84 bits per heavy atom. The molecule has 7 heteroatoms. The van der Waals surface area contributed by atoms with Crippen LogP contribution in [0.25, 0.3) is 10.9 Å². The maximum absolute atomic E-state index is 13.4. The zero-order valence-electron chi connectivity index (χ0n) is 18.8. The molecule has 31 heavy (non-hydrogen) atoms. The van der Waals surface area contributed by atoms with Gasteiger partial charge in [0.2, 0.25) is 0 Å². The second-order valence-corrected chi connectivity index (χ2v) is 9.57. The first-order valence-corrected chi connectivity index (χ1v) is 11.7. The predicted octanol–water partition coefficient (Wildman–Crippen LogP) is 4.07. The van der Waals surface area contributed by atoms with Gasteiger partial charge in [0.25, 0.3) is 5.56 Å². The van der Waals surface area contributed by atoms with Crippen LogP contribution in [-0.2, 0) is 0 Å². The summed E-state index contributed by atoms with van der Waals surface area (Å²) in [6.07, 6.45) is 6.90. The van der Waals surface area contributed by atoms with Gasteiger partial charge in [0.1, 0.15) is 6.04 Å². The van der Waals surface area contributed by atoms with Crippen LogP contribution in [0.15, 0.2) is 23.0 Å². The van der Waals surface area contributed by atoms with Gasteiger partial charge >= 0.3 is 0 Å². The van der Waals surface area contributed by atoms with Crippen molar-refractivity contribution in [2.45, 2.75) is 71.4 Å². The molecule has 1 saturated heterocycles. The quantitative estimate of drug-likeness (QED) is 0.688. The van der Waals surface area contributed by atoms with Crippen molar-refractivity contribution in [2.75, 3.05) is 13.1 Å². The maximum Gasteiger partial charge on any atom is 0.253 e. The number of pyridine rings is 1. The van der Waals surface area contributed by atoms with Gasteiger partial charge in [0, 0.05) is 5.56 Å². The van der Waals surface area contributed by atoms with Gasteiger partial charge < -0.3 is 4.98 Å². The summed E-state index contributed by atoms with van der Waals surface area (Å²) in [4.78, 5) is 19.0. The third-order valence-electron chi connectivity index (χ3n) is 7.49. The monoisotopic (exact) mass is 420 g/mol. The first kappa shape index (κ1) is 20.4. The Hall–Kier alpha value is -2.54. The van der Waals surface area contributed by atoms with Crippen LogP contribution in [0, 0.1) is 19.8 Å². The van der Waals surface area contributed by atoms with Crippen molar-refractivity contribution in [3.05, 3.63) is 51.1 Å². The molecular formula is C24H32N6O. The number of tetrazole rings is 1. The third kappa shape index (κ3) is 3.69. The Morgan fingerprint density at radius 3 is 2.58 bits per heavy atom. The molecule has 0 amide bonds. The van der Waals surface area contributed by atoms with E-state index in [-0.39, 0.29) is 11.6 Å². The largest absolute Gasteiger partial charge is 0.321 e. The minimum absolute atomic E-state index is 0.0363. The van der Waals surface area contributed by atoms with E-state index in [1.807, 2.05) is 4.68 Å². The van der Waals surface area contributed by atoms with E-state index in [0.717, 1.165) is 66.6 Å². The zero-order valence-corrected chi connectivity index (χ0v) is 18.8. The lowest BCUT2D eigenvalue weighted by molar-refractivity contribution is 0.147. The summed E-state index contributed by atoms with van der Waals surface area (Å²) in [5.41, 5.74) is 3.95. The van der Waals surface area contributed by atoms with Gasteiger partial charge in [0.15, 0.2) is 5.82 Å². The summed E-state index contributed by atoms with van der Waals surface area (Å²) in [6, 6.07) is 6.40. The van der Waals surface area contributed by atoms with Gasteiger partial charge in [0.05, 0.1) is 11.6 Å². The molecule has 1 aromatic carbocycles. The van der Waals surface area contributed by atoms with Crippen molar-refractivity contribution in [3.8, 4) is 0 Å². The minimum Gasteiger partial charge on any atom is -0.321 e. The van der Waals surface area contributed by atoms with Crippen LogP contribution in [-0.4, -0.2) is 43.2 Å². The summed E-state index contributed by atoms with van der Waals surface area (Å²) in [5, 5.41) is 14.0. The molecule has 2 aliphatic rings. The van der Waals surface area contributed by atoms with E-state index in [9.17, 15) is 4.79 Å². The first-order valence-electron chi connectivity index (χ1n) is 11.7. The number of nitrogens with zero attached hydrogens (tertiary/aromatic N) is 5. The Kier molecular flexibility index (Phi) is 5.38. The fourth-order valence-corrected chi connectivity index (χ4v) is 5.32. The molecule has 1 aliphatic carbocycles. The molecular weight excluding hydrogens is 388 g/mol. The van der Waals surface area contributed by atoms with Crippen molar-refractivity contribution in [1.29, 1.82) is 0 Å². The highest BCUT2D eigenvalue weighted by atomic mass is 16.1. The summed E-state index contributed by atoms with van der Waals surface area (Å²) in [6.45, 7) is 8.36. The van der Waals surface area contributed by atoms with Crippen molar-refractivity contribution >= 4 is 10.9 Å². The van der Waals surface area contributed by atoms with Crippen LogP contribution in [0.4, 0.5) is 0 Å². The number of H-pyrrole nitrogens is 1. The Bertz CT molecular complexity index is 1130.